The van der Waals surface area contributed by atoms with Gasteiger partial charge in [0, 0.05) is 52.7 Å². The molecule has 5 rings (SSSR count). The molecule has 2 aromatic carbocycles. The van der Waals surface area contributed by atoms with Crippen LogP contribution < -0.4 is 9.13 Å². The van der Waals surface area contributed by atoms with Crippen molar-refractivity contribution in [1.29, 1.82) is 0 Å². The van der Waals surface area contributed by atoms with Crippen molar-refractivity contribution in [2.45, 2.75) is 25.4 Å². The normalized spacial score (nSPS) is 11.9. The molecule has 42 heavy (non-hydrogen) atoms. The minimum Gasteiger partial charge on any atom is -0.324 e. The second kappa shape index (κ2) is 12.6. The molecule has 3 aromatic heterocycles. The van der Waals surface area contributed by atoms with Crippen LogP contribution >= 0.6 is 15.2 Å². The second-order valence-electron chi connectivity index (χ2n) is 10.2. The van der Waals surface area contributed by atoms with Crippen LogP contribution in [0.5, 0.6) is 0 Å². The molecular formula is C31H31N3O6P2+2. The third kappa shape index (κ3) is 8.60. The van der Waals surface area contributed by atoms with E-state index in [1.165, 1.54) is 0 Å². The molecule has 0 aliphatic carbocycles. The van der Waals surface area contributed by atoms with E-state index < -0.39 is 15.2 Å². The molecule has 214 valence electrons. The predicted molar refractivity (Wildman–Crippen MR) is 158 cm³/mol. The third-order valence-corrected chi connectivity index (χ3v) is 8.28. The monoisotopic (exact) mass is 603 g/mol. The highest BCUT2D eigenvalue weighted by Crippen LogP contribution is 2.39. The van der Waals surface area contributed by atoms with Crippen LogP contribution in [-0.2, 0) is 34.5 Å². The van der Waals surface area contributed by atoms with Crippen LogP contribution in [0.15, 0.2) is 116 Å². The summed E-state index contributed by atoms with van der Waals surface area (Å²) in [4.78, 5) is 41.2. The molecule has 9 nitrogen and oxygen atoms in total. The highest BCUT2D eigenvalue weighted by atomic mass is 31.2. The Kier molecular flexibility index (Phi) is 8.90. The van der Waals surface area contributed by atoms with E-state index in [2.05, 4.69) is 4.98 Å². The number of nitrogens with zero attached hydrogens (tertiary/aromatic N) is 3. The molecule has 0 unspecified atom stereocenters. The van der Waals surface area contributed by atoms with Crippen LogP contribution in [0.4, 0.5) is 0 Å². The van der Waals surface area contributed by atoms with E-state index >= 15 is 0 Å². The summed E-state index contributed by atoms with van der Waals surface area (Å²) in [7, 11) is -8.15. The molecule has 0 bridgehead atoms. The molecule has 0 saturated heterocycles. The quantitative estimate of drug-likeness (QED) is 0.137. The van der Waals surface area contributed by atoms with Gasteiger partial charge in [-0.1, -0.05) is 54.6 Å². The van der Waals surface area contributed by atoms with Crippen LogP contribution in [0, 0.1) is 0 Å². The highest BCUT2D eigenvalue weighted by Gasteiger charge is 2.15. The lowest BCUT2D eigenvalue weighted by Crippen LogP contribution is -2.33. The Morgan fingerprint density at radius 3 is 1.29 bits per heavy atom. The van der Waals surface area contributed by atoms with Gasteiger partial charge in [0.25, 0.3) is 0 Å². The zero-order chi connectivity index (χ0) is 29.7. The van der Waals surface area contributed by atoms with Crippen LogP contribution in [0.1, 0.15) is 22.3 Å². The van der Waals surface area contributed by atoms with Crippen LogP contribution in [0.3, 0.4) is 0 Å². The number of rotatable bonds is 10. The topological polar surface area (TPSA) is 136 Å². The van der Waals surface area contributed by atoms with Crippen molar-refractivity contribution in [2.24, 2.45) is 0 Å². The summed E-state index contributed by atoms with van der Waals surface area (Å²) in [5.74, 6) is 0. The van der Waals surface area contributed by atoms with Crippen molar-refractivity contribution >= 4 is 15.2 Å². The van der Waals surface area contributed by atoms with Gasteiger partial charge >= 0.3 is 15.2 Å². The fraction of sp³-hybridized carbons (Fsp3) is 0.129. The lowest BCUT2D eigenvalue weighted by atomic mass is 10.1. The van der Waals surface area contributed by atoms with Gasteiger partial charge in [-0.05, 0) is 22.8 Å². The minimum atomic E-state index is -4.07. The molecule has 3 heterocycles. The Bertz CT molecular complexity index is 1600. The molecule has 11 heteroatoms. The van der Waals surface area contributed by atoms with Gasteiger partial charge in [0.1, 0.15) is 0 Å². The maximum Gasteiger partial charge on any atom is 0.329 e. The molecule has 0 aliphatic rings. The number of pyridine rings is 3. The Labute approximate surface area is 243 Å². The summed E-state index contributed by atoms with van der Waals surface area (Å²) in [6.07, 6.45) is 9.30. The van der Waals surface area contributed by atoms with Gasteiger partial charge in [-0.2, -0.15) is 0 Å². The summed E-state index contributed by atoms with van der Waals surface area (Å²) in [6, 6.07) is 26.6. The van der Waals surface area contributed by atoms with Gasteiger partial charge in [0.05, 0.1) is 18.0 Å². The van der Waals surface area contributed by atoms with Gasteiger partial charge in [0.15, 0.2) is 37.9 Å². The standard InChI is InChI=1S/C31H29N3O6P2/c35-41(36,37)22-26-5-1-24(2-6-26)20-33-15-11-28(12-16-33)30-9-10-31(32-19-30)29-13-17-34(18-14-29)21-25-3-7-27(8-4-25)23-42(38,39)40/h1-19H,20-23H2,(H2-2,35,36,37,38,39,40)/p+2. The van der Waals surface area contributed by atoms with Crippen molar-refractivity contribution in [1.82, 2.24) is 4.98 Å². The van der Waals surface area contributed by atoms with E-state index in [9.17, 15) is 9.13 Å². The van der Waals surface area contributed by atoms with Gasteiger partial charge in [-0.3, -0.25) is 14.1 Å². The van der Waals surface area contributed by atoms with Crippen molar-refractivity contribution in [2.75, 3.05) is 0 Å². The first-order valence-corrected chi connectivity index (χ1v) is 16.8. The average Bonchev–Trinajstić information content (AvgIpc) is 2.95. The number of benzene rings is 2. The molecule has 0 amide bonds. The Balaban J connectivity index is 1.18. The van der Waals surface area contributed by atoms with Crippen LogP contribution in [-0.4, -0.2) is 24.6 Å². The van der Waals surface area contributed by atoms with E-state index in [1.807, 2.05) is 101 Å². The molecule has 4 N–H and O–H groups in total. The molecule has 0 saturated carbocycles. The molecule has 0 aliphatic heterocycles. The van der Waals surface area contributed by atoms with E-state index in [1.54, 1.807) is 24.3 Å². The van der Waals surface area contributed by atoms with Crippen molar-refractivity contribution in [3.8, 4) is 22.4 Å². The summed E-state index contributed by atoms with van der Waals surface area (Å²) >= 11 is 0. The van der Waals surface area contributed by atoms with Gasteiger partial charge in [-0.25, -0.2) is 9.13 Å². The first-order chi connectivity index (χ1) is 20.0. The number of hydrogen-bond acceptors (Lipinski definition) is 3. The van der Waals surface area contributed by atoms with Crippen molar-refractivity contribution < 1.29 is 37.8 Å². The third-order valence-electron chi connectivity index (χ3n) is 6.73. The summed E-state index contributed by atoms with van der Waals surface area (Å²) in [5, 5.41) is 0. The van der Waals surface area contributed by atoms with Crippen LogP contribution in [0.2, 0.25) is 0 Å². The zero-order valence-electron chi connectivity index (χ0n) is 22.6. The maximum absolute atomic E-state index is 11.2. The fourth-order valence-electron chi connectivity index (χ4n) is 4.62. The first-order valence-electron chi connectivity index (χ1n) is 13.2. The zero-order valence-corrected chi connectivity index (χ0v) is 24.4. The molecule has 0 radical (unpaired) electrons. The Morgan fingerprint density at radius 2 is 0.905 bits per heavy atom. The fourth-order valence-corrected chi connectivity index (χ4v) is 5.99. The molecular weight excluding hydrogens is 572 g/mol. The summed E-state index contributed by atoms with van der Waals surface area (Å²) in [6.45, 7) is 1.28. The average molecular weight is 604 g/mol. The van der Waals surface area contributed by atoms with Crippen molar-refractivity contribution in [3.05, 3.63) is 138 Å². The number of hydrogen-bond donors (Lipinski definition) is 4. The highest BCUT2D eigenvalue weighted by molar-refractivity contribution is 7.51. The van der Waals surface area contributed by atoms with Gasteiger partial charge in [0.2, 0.25) is 0 Å². The van der Waals surface area contributed by atoms with Gasteiger partial charge < -0.3 is 19.6 Å². The van der Waals surface area contributed by atoms with E-state index in [0.717, 1.165) is 33.5 Å². The van der Waals surface area contributed by atoms with E-state index in [0.29, 0.717) is 24.2 Å². The van der Waals surface area contributed by atoms with Crippen LogP contribution in [0.25, 0.3) is 22.4 Å². The Morgan fingerprint density at radius 1 is 0.500 bits per heavy atom. The summed E-state index contributed by atoms with van der Waals surface area (Å²) < 4.78 is 26.5. The largest absolute Gasteiger partial charge is 0.329 e. The first kappa shape index (κ1) is 29.7. The SMILES string of the molecule is O=P(O)(O)Cc1ccc(C[n+]2ccc(-c3ccc(-c4cc[n+](Cc5ccc(CP(=O)(O)O)cc5)cc4)nc3)cc2)cc1. The van der Waals surface area contributed by atoms with Gasteiger partial charge in [-0.15, -0.1) is 0 Å². The molecule has 5 aromatic rings. The number of aromatic nitrogens is 3. The predicted octanol–water partition coefficient (Wildman–Crippen LogP) is 4.44. The van der Waals surface area contributed by atoms with Crippen molar-refractivity contribution in [3.63, 3.8) is 0 Å². The van der Waals surface area contributed by atoms with E-state index in [4.69, 9.17) is 19.6 Å². The summed E-state index contributed by atoms with van der Waals surface area (Å²) in [5.41, 5.74) is 7.19. The smallest absolute Gasteiger partial charge is 0.324 e. The lowest BCUT2D eigenvalue weighted by molar-refractivity contribution is -0.688. The maximum atomic E-state index is 11.2. The molecule has 0 fully saturated rings. The molecule has 0 spiro atoms. The minimum absolute atomic E-state index is 0.255. The lowest BCUT2D eigenvalue weighted by Gasteiger charge is -2.06. The Hall–Kier alpha value is -3.81. The van der Waals surface area contributed by atoms with E-state index in [-0.39, 0.29) is 12.3 Å². The second-order valence-corrected chi connectivity index (χ2v) is 13.5. The molecule has 0 atom stereocenters.